The van der Waals surface area contributed by atoms with Crippen molar-refractivity contribution < 1.29 is 23.1 Å². The number of halogens is 4. The number of nitrogen functional groups attached to an aromatic ring is 1. The van der Waals surface area contributed by atoms with Crippen molar-refractivity contribution in [3.8, 4) is 0 Å². The van der Waals surface area contributed by atoms with E-state index in [4.69, 9.17) is 15.6 Å². The molecule has 0 atom stereocenters. The Bertz CT molecular complexity index is 642. The second kappa shape index (κ2) is 7.29. The maximum atomic E-state index is 10.6. The van der Waals surface area contributed by atoms with Gasteiger partial charge in [-0.3, -0.25) is 0 Å². The van der Waals surface area contributed by atoms with Gasteiger partial charge in [-0.05, 0) is 46.9 Å². The van der Waals surface area contributed by atoms with Crippen molar-refractivity contribution in [1.82, 2.24) is 14.8 Å². The second-order valence-corrected chi connectivity index (χ2v) is 5.10. The van der Waals surface area contributed by atoms with Gasteiger partial charge < -0.3 is 16.2 Å². The summed E-state index contributed by atoms with van der Waals surface area (Å²) in [6, 6.07) is 7.99. The van der Waals surface area contributed by atoms with Crippen molar-refractivity contribution in [2.45, 2.75) is 6.18 Å². The number of hydrogen-bond donors (Lipinski definition) is 3. The SMILES string of the molecule is Cn1nc(N)nc1Nc1ccc(I)cc1.O=C(O)C(F)(F)F. The van der Waals surface area contributed by atoms with Crippen molar-refractivity contribution in [2.75, 3.05) is 11.1 Å². The molecule has 0 radical (unpaired) electrons. The predicted octanol–water partition coefficient (Wildman–Crippen LogP) is 2.38. The Morgan fingerprint density at radius 1 is 1.36 bits per heavy atom. The minimum absolute atomic E-state index is 0.269. The molecule has 1 heterocycles. The Balaban J connectivity index is 0.000000295. The van der Waals surface area contributed by atoms with E-state index in [2.05, 4.69) is 38.0 Å². The molecule has 0 fully saturated rings. The summed E-state index contributed by atoms with van der Waals surface area (Å²) in [6.45, 7) is 0. The molecule has 1 aromatic heterocycles. The summed E-state index contributed by atoms with van der Waals surface area (Å²) in [4.78, 5) is 12.9. The van der Waals surface area contributed by atoms with Gasteiger partial charge in [0.1, 0.15) is 0 Å². The molecule has 0 spiro atoms. The summed E-state index contributed by atoms with van der Waals surface area (Å²) < 4.78 is 34.5. The molecule has 0 aliphatic carbocycles. The van der Waals surface area contributed by atoms with Crippen molar-refractivity contribution in [3.05, 3.63) is 27.8 Å². The molecule has 0 bridgehead atoms. The van der Waals surface area contributed by atoms with Crippen molar-refractivity contribution >= 4 is 46.1 Å². The van der Waals surface area contributed by atoms with Gasteiger partial charge in [0.15, 0.2) is 0 Å². The lowest BCUT2D eigenvalue weighted by atomic mass is 10.3. The summed E-state index contributed by atoms with van der Waals surface area (Å²) >= 11 is 2.26. The van der Waals surface area contributed by atoms with Crippen molar-refractivity contribution in [1.29, 1.82) is 0 Å². The highest BCUT2D eigenvalue weighted by atomic mass is 127. The number of carbonyl (C=O) groups is 1. The number of carboxylic acids is 1. The van der Waals surface area contributed by atoms with Crippen LogP contribution < -0.4 is 11.1 Å². The van der Waals surface area contributed by atoms with Gasteiger partial charge >= 0.3 is 12.1 Å². The highest BCUT2D eigenvalue weighted by Gasteiger charge is 2.38. The lowest BCUT2D eigenvalue weighted by Crippen LogP contribution is -2.21. The molecule has 1 aromatic carbocycles. The van der Waals surface area contributed by atoms with Crippen LogP contribution in [0.25, 0.3) is 0 Å². The molecule has 11 heteroatoms. The zero-order valence-corrected chi connectivity index (χ0v) is 13.3. The summed E-state index contributed by atoms with van der Waals surface area (Å²) in [5, 5.41) is 14.2. The van der Waals surface area contributed by atoms with Gasteiger partial charge in [-0.15, -0.1) is 5.10 Å². The Kier molecular flexibility index (Phi) is 5.96. The fourth-order valence-corrected chi connectivity index (χ4v) is 1.54. The number of carboxylic acid groups (broad SMARTS) is 1. The normalized spacial score (nSPS) is 10.6. The first kappa shape index (κ1) is 18.0. The topological polar surface area (TPSA) is 106 Å². The Morgan fingerprint density at radius 2 is 1.86 bits per heavy atom. The van der Waals surface area contributed by atoms with E-state index < -0.39 is 12.1 Å². The third-order valence-electron chi connectivity index (χ3n) is 2.12. The van der Waals surface area contributed by atoms with E-state index in [1.807, 2.05) is 24.3 Å². The zero-order chi connectivity index (χ0) is 16.9. The molecule has 7 nitrogen and oxygen atoms in total. The Morgan fingerprint density at radius 3 is 2.23 bits per heavy atom. The van der Waals surface area contributed by atoms with Crippen LogP contribution in [0.1, 0.15) is 0 Å². The number of rotatable bonds is 2. The van der Waals surface area contributed by atoms with Gasteiger partial charge in [-0.1, -0.05) is 0 Å². The van der Waals surface area contributed by atoms with Gasteiger partial charge in [-0.25, -0.2) is 9.48 Å². The quantitative estimate of drug-likeness (QED) is 0.634. The second-order valence-electron chi connectivity index (χ2n) is 3.85. The van der Waals surface area contributed by atoms with Gasteiger partial charge in [0.05, 0.1) is 0 Å². The van der Waals surface area contributed by atoms with Crippen LogP contribution in [0.3, 0.4) is 0 Å². The fourth-order valence-electron chi connectivity index (χ4n) is 1.18. The van der Waals surface area contributed by atoms with Crippen LogP contribution in [-0.4, -0.2) is 32.0 Å². The van der Waals surface area contributed by atoms with E-state index in [9.17, 15) is 13.2 Å². The average Bonchev–Trinajstić information content (AvgIpc) is 2.70. The summed E-state index contributed by atoms with van der Waals surface area (Å²) in [5.74, 6) is -1.85. The molecule has 0 amide bonds. The molecule has 2 aromatic rings. The van der Waals surface area contributed by atoms with Crippen LogP contribution in [-0.2, 0) is 11.8 Å². The minimum Gasteiger partial charge on any atom is -0.475 e. The van der Waals surface area contributed by atoms with Crippen molar-refractivity contribution in [2.24, 2.45) is 7.05 Å². The van der Waals surface area contributed by atoms with E-state index in [1.54, 1.807) is 11.7 Å². The Labute approximate surface area is 136 Å². The third-order valence-corrected chi connectivity index (χ3v) is 2.84. The predicted molar refractivity (Wildman–Crippen MR) is 81.5 cm³/mol. The van der Waals surface area contributed by atoms with Crippen LogP contribution in [0.2, 0.25) is 0 Å². The van der Waals surface area contributed by atoms with Crippen LogP contribution in [0.15, 0.2) is 24.3 Å². The molecule has 0 saturated carbocycles. The van der Waals surface area contributed by atoms with Gasteiger partial charge in [0.25, 0.3) is 0 Å². The fraction of sp³-hybridized carbons (Fsp3) is 0.182. The monoisotopic (exact) mass is 429 g/mol. The third kappa shape index (κ3) is 5.75. The van der Waals surface area contributed by atoms with E-state index in [-0.39, 0.29) is 5.95 Å². The van der Waals surface area contributed by atoms with Crippen LogP contribution in [0.4, 0.5) is 30.8 Å². The largest absolute Gasteiger partial charge is 0.490 e. The molecule has 0 saturated heterocycles. The number of aliphatic carboxylic acids is 1. The number of aromatic nitrogens is 3. The van der Waals surface area contributed by atoms with Gasteiger partial charge in [0.2, 0.25) is 11.9 Å². The number of nitrogens with one attached hydrogen (secondary N) is 1. The molecule has 22 heavy (non-hydrogen) atoms. The number of alkyl halides is 3. The smallest absolute Gasteiger partial charge is 0.475 e. The molecule has 0 unspecified atom stereocenters. The molecular formula is C11H11F3IN5O2. The summed E-state index contributed by atoms with van der Waals surface area (Å²) in [6.07, 6.45) is -5.08. The zero-order valence-electron chi connectivity index (χ0n) is 11.1. The van der Waals surface area contributed by atoms with Gasteiger partial charge in [0, 0.05) is 16.3 Å². The maximum Gasteiger partial charge on any atom is 0.490 e. The Hall–Kier alpha value is -2.05. The lowest BCUT2D eigenvalue weighted by molar-refractivity contribution is -0.192. The molecular weight excluding hydrogens is 418 g/mol. The van der Waals surface area contributed by atoms with Crippen LogP contribution in [0.5, 0.6) is 0 Å². The summed E-state index contributed by atoms with van der Waals surface area (Å²) in [7, 11) is 1.79. The number of benzene rings is 1. The van der Waals surface area contributed by atoms with Gasteiger partial charge in [-0.2, -0.15) is 18.2 Å². The maximum absolute atomic E-state index is 10.6. The van der Waals surface area contributed by atoms with E-state index in [0.717, 1.165) is 5.69 Å². The van der Waals surface area contributed by atoms with Crippen molar-refractivity contribution in [3.63, 3.8) is 0 Å². The van der Waals surface area contributed by atoms with Crippen LogP contribution in [0, 0.1) is 3.57 Å². The average molecular weight is 429 g/mol. The molecule has 0 aliphatic rings. The molecule has 120 valence electrons. The van der Waals surface area contributed by atoms with E-state index >= 15 is 0 Å². The first-order chi connectivity index (χ1) is 10.1. The number of nitrogens with two attached hydrogens (primary N) is 1. The number of anilines is 3. The molecule has 4 N–H and O–H groups in total. The van der Waals surface area contributed by atoms with E-state index in [1.165, 1.54) is 3.57 Å². The summed E-state index contributed by atoms with van der Waals surface area (Å²) in [5.41, 5.74) is 6.44. The first-order valence-electron chi connectivity index (χ1n) is 5.59. The first-order valence-corrected chi connectivity index (χ1v) is 6.66. The minimum atomic E-state index is -5.08. The number of hydrogen-bond acceptors (Lipinski definition) is 5. The highest BCUT2D eigenvalue weighted by molar-refractivity contribution is 14.1. The molecule has 2 rings (SSSR count). The number of nitrogens with zero attached hydrogens (tertiary/aromatic N) is 3. The lowest BCUT2D eigenvalue weighted by Gasteiger charge is -2.03. The number of aryl methyl sites for hydroxylation is 1. The van der Waals surface area contributed by atoms with E-state index in [0.29, 0.717) is 5.95 Å². The van der Waals surface area contributed by atoms with Crippen LogP contribution >= 0.6 is 22.6 Å². The molecule has 0 aliphatic heterocycles. The standard InChI is InChI=1S/C9H10IN5.C2HF3O2/c1-15-9(13-8(11)14-15)12-7-4-2-6(10)3-5-7;3-2(4,5)1(6)7/h2-5H,1H3,(H3,11,12,13,14);(H,6,7). The highest BCUT2D eigenvalue weighted by Crippen LogP contribution is 2.16.